The Hall–Kier alpha value is -3.35. The molecule has 0 spiro atoms. The standard InChI is InChI=1S/C21H20N2O5/c1-2-22(12-14-7-8-17-18(11-14)28-13-27-17)19(24)9-10-23-20(25)15-5-3-4-6-16(15)21(23)26/h3-8,11H,2,9-10,12-13H2,1H3. The Bertz CT molecular complexity index is 921. The predicted molar refractivity (Wildman–Crippen MR) is 100 cm³/mol. The number of hydrogen-bond acceptors (Lipinski definition) is 5. The number of ether oxygens (including phenoxy) is 2. The van der Waals surface area contributed by atoms with Crippen molar-refractivity contribution in [2.24, 2.45) is 0 Å². The van der Waals surface area contributed by atoms with Gasteiger partial charge in [-0.05, 0) is 36.8 Å². The third-order valence-electron chi connectivity index (χ3n) is 4.97. The number of benzene rings is 2. The van der Waals surface area contributed by atoms with Crippen LogP contribution in [0.1, 0.15) is 39.6 Å². The Labute approximate surface area is 162 Å². The van der Waals surface area contributed by atoms with E-state index in [1.807, 2.05) is 25.1 Å². The molecule has 7 heteroatoms. The van der Waals surface area contributed by atoms with E-state index in [4.69, 9.17) is 9.47 Å². The third kappa shape index (κ3) is 3.19. The van der Waals surface area contributed by atoms with Crippen LogP contribution in [0.5, 0.6) is 11.5 Å². The molecule has 2 aromatic rings. The average Bonchev–Trinajstić information content (AvgIpc) is 3.27. The normalized spacial score (nSPS) is 14.4. The number of amides is 3. The molecule has 144 valence electrons. The zero-order valence-electron chi connectivity index (χ0n) is 15.5. The lowest BCUT2D eigenvalue weighted by atomic mass is 10.1. The number of rotatable bonds is 6. The Morgan fingerprint density at radius 2 is 1.71 bits per heavy atom. The van der Waals surface area contributed by atoms with Gasteiger partial charge in [0.1, 0.15) is 0 Å². The molecule has 0 aromatic heterocycles. The van der Waals surface area contributed by atoms with Crippen molar-refractivity contribution in [2.75, 3.05) is 19.9 Å². The number of fused-ring (bicyclic) bond motifs is 2. The van der Waals surface area contributed by atoms with Crippen molar-refractivity contribution in [2.45, 2.75) is 19.9 Å². The maximum atomic E-state index is 12.7. The predicted octanol–water partition coefficient (Wildman–Crippen LogP) is 2.45. The molecule has 7 nitrogen and oxygen atoms in total. The van der Waals surface area contributed by atoms with Crippen LogP contribution < -0.4 is 9.47 Å². The lowest BCUT2D eigenvalue weighted by Crippen LogP contribution is -2.36. The third-order valence-corrected chi connectivity index (χ3v) is 4.97. The fourth-order valence-electron chi connectivity index (χ4n) is 3.44. The molecule has 0 fully saturated rings. The Balaban J connectivity index is 1.39. The summed E-state index contributed by atoms with van der Waals surface area (Å²) in [5.41, 5.74) is 1.72. The molecule has 0 bridgehead atoms. The van der Waals surface area contributed by atoms with Gasteiger partial charge < -0.3 is 14.4 Å². The summed E-state index contributed by atoms with van der Waals surface area (Å²) in [6.45, 7) is 3.12. The molecular weight excluding hydrogens is 360 g/mol. The fraction of sp³-hybridized carbons (Fsp3) is 0.286. The van der Waals surface area contributed by atoms with Crippen molar-refractivity contribution in [3.8, 4) is 11.5 Å². The lowest BCUT2D eigenvalue weighted by molar-refractivity contribution is -0.131. The quantitative estimate of drug-likeness (QED) is 0.720. The van der Waals surface area contributed by atoms with Crippen LogP contribution in [0, 0.1) is 0 Å². The van der Waals surface area contributed by atoms with Gasteiger partial charge >= 0.3 is 0 Å². The van der Waals surface area contributed by atoms with Crippen molar-refractivity contribution in [3.63, 3.8) is 0 Å². The zero-order valence-corrected chi connectivity index (χ0v) is 15.5. The smallest absolute Gasteiger partial charge is 0.261 e. The number of nitrogens with zero attached hydrogens (tertiary/aromatic N) is 2. The lowest BCUT2D eigenvalue weighted by Gasteiger charge is -2.22. The maximum absolute atomic E-state index is 12.7. The molecule has 0 saturated heterocycles. The summed E-state index contributed by atoms with van der Waals surface area (Å²) in [7, 11) is 0. The average molecular weight is 380 g/mol. The van der Waals surface area contributed by atoms with Crippen molar-refractivity contribution in [1.29, 1.82) is 0 Å². The van der Waals surface area contributed by atoms with Gasteiger partial charge in [-0.15, -0.1) is 0 Å². The molecule has 0 unspecified atom stereocenters. The second-order valence-electron chi connectivity index (χ2n) is 6.65. The molecule has 2 aromatic carbocycles. The van der Waals surface area contributed by atoms with Crippen molar-refractivity contribution < 1.29 is 23.9 Å². The summed E-state index contributed by atoms with van der Waals surface area (Å²) in [6.07, 6.45) is 0.0872. The molecule has 0 saturated carbocycles. The molecule has 2 aliphatic heterocycles. The molecule has 2 aliphatic rings. The topological polar surface area (TPSA) is 76.2 Å². The van der Waals surface area contributed by atoms with Crippen LogP contribution in [0.15, 0.2) is 42.5 Å². The van der Waals surface area contributed by atoms with E-state index in [1.165, 1.54) is 0 Å². The monoisotopic (exact) mass is 380 g/mol. The Morgan fingerprint density at radius 1 is 1.04 bits per heavy atom. The first-order chi connectivity index (χ1) is 13.6. The molecule has 0 radical (unpaired) electrons. The maximum Gasteiger partial charge on any atom is 0.261 e. The van der Waals surface area contributed by atoms with E-state index in [0.29, 0.717) is 35.7 Å². The molecule has 0 atom stereocenters. The van der Waals surface area contributed by atoms with Crippen LogP contribution in [0.3, 0.4) is 0 Å². The summed E-state index contributed by atoms with van der Waals surface area (Å²) in [5.74, 6) is 0.576. The number of carbonyl (C=O) groups excluding carboxylic acids is 3. The molecule has 3 amide bonds. The minimum atomic E-state index is -0.341. The molecular formula is C21H20N2O5. The summed E-state index contributed by atoms with van der Waals surface area (Å²) in [6, 6.07) is 12.3. The van der Waals surface area contributed by atoms with Gasteiger partial charge in [-0.2, -0.15) is 0 Å². The van der Waals surface area contributed by atoms with E-state index in [-0.39, 0.29) is 37.5 Å². The van der Waals surface area contributed by atoms with Crippen LogP contribution in [-0.4, -0.2) is 47.4 Å². The van der Waals surface area contributed by atoms with E-state index in [2.05, 4.69) is 0 Å². The summed E-state index contributed by atoms with van der Waals surface area (Å²) in [4.78, 5) is 40.3. The highest BCUT2D eigenvalue weighted by atomic mass is 16.7. The molecule has 28 heavy (non-hydrogen) atoms. The van der Waals surface area contributed by atoms with Crippen LogP contribution in [0.25, 0.3) is 0 Å². The summed E-state index contributed by atoms with van der Waals surface area (Å²) in [5, 5.41) is 0. The van der Waals surface area contributed by atoms with Gasteiger partial charge in [0.05, 0.1) is 11.1 Å². The molecule has 0 N–H and O–H groups in total. The van der Waals surface area contributed by atoms with Crippen molar-refractivity contribution in [1.82, 2.24) is 9.80 Å². The van der Waals surface area contributed by atoms with Gasteiger partial charge in [-0.25, -0.2) is 0 Å². The number of hydrogen-bond donors (Lipinski definition) is 0. The highest BCUT2D eigenvalue weighted by Gasteiger charge is 2.35. The second-order valence-corrected chi connectivity index (χ2v) is 6.65. The summed E-state index contributed by atoms with van der Waals surface area (Å²) >= 11 is 0. The highest BCUT2D eigenvalue weighted by Crippen LogP contribution is 2.32. The Morgan fingerprint density at radius 3 is 2.39 bits per heavy atom. The van der Waals surface area contributed by atoms with E-state index >= 15 is 0 Å². The number of imide groups is 1. The first-order valence-corrected chi connectivity index (χ1v) is 9.20. The highest BCUT2D eigenvalue weighted by molar-refractivity contribution is 6.21. The van der Waals surface area contributed by atoms with Crippen LogP contribution in [0.4, 0.5) is 0 Å². The molecule has 0 aliphatic carbocycles. The van der Waals surface area contributed by atoms with E-state index < -0.39 is 0 Å². The van der Waals surface area contributed by atoms with Crippen molar-refractivity contribution >= 4 is 17.7 Å². The SMILES string of the molecule is CCN(Cc1ccc2c(c1)OCO2)C(=O)CCN1C(=O)c2ccccc2C1=O. The summed E-state index contributed by atoms with van der Waals surface area (Å²) < 4.78 is 10.7. The van der Waals surface area contributed by atoms with Crippen LogP contribution in [-0.2, 0) is 11.3 Å². The second kappa shape index (κ2) is 7.34. The minimum absolute atomic E-state index is 0.0722. The van der Waals surface area contributed by atoms with E-state index in [1.54, 1.807) is 29.2 Å². The van der Waals surface area contributed by atoms with Gasteiger partial charge in [0.2, 0.25) is 12.7 Å². The first-order valence-electron chi connectivity index (χ1n) is 9.20. The van der Waals surface area contributed by atoms with Crippen LogP contribution >= 0.6 is 0 Å². The fourth-order valence-corrected chi connectivity index (χ4v) is 3.44. The van der Waals surface area contributed by atoms with Crippen molar-refractivity contribution in [3.05, 3.63) is 59.2 Å². The Kier molecular flexibility index (Phi) is 4.73. The van der Waals surface area contributed by atoms with Gasteiger partial charge in [0.15, 0.2) is 11.5 Å². The zero-order chi connectivity index (χ0) is 19.7. The number of carbonyl (C=O) groups is 3. The first kappa shape index (κ1) is 18.0. The molecule has 2 heterocycles. The largest absolute Gasteiger partial charge is 0.454 e. The van der Waals surface area contributed by atoms with Gasteiger partial charge in [-0.1, -0.05) is 18.2 Å². The minimum Gasteiger partial charge on any atom is -0.454 e. The molecule has 4 rings (SSSR count). The van der Waals surface area contributed by atoms with Gasteiger partial charge in [0.25, 0.3) is 11.8 Å². The van der Waals surface area contributed by atoms with E-state index in [9.17, 15) is 14.4 Å². The van der Waals surface area contributed by atoms with Gasteiger partial charge in [0, 0.05) is 26.1 Å². The van der Waals surface area contributed by atoms with Gasteiger partial charge in [-0.3, -0.25) is 19.3 Å². The van der Waals surface area contributed by atoms with Crippen LogP contribution in [0.2, 0.25) is 0 Å². The van der Waals surface area contributed by atoms with E-state index in [0.717, 1.165) is 10.5 Å².